The van der Waals surface area contributed by atoms with E-state index >= 15 is 0 Å². The molecule has 3 nitrogen and oxygen atoms in total. The van der Waals surface area contributed by atoms with Gasteiger partial charge in [-0.1, -0.05) is 12.1 Å². The van der Waals surface area contributed by atoms with Crippen LogP contribution >= 0.6 is 11.8 Å². The Morgan fingerprint density at radius 2 is 2.00 bits per heavy atom. The Balaban J connectivity index is 2.49. The maximum atomic E-state index is 11.0. The minimum absolute atomic E-state index is 0.146. The Bertz CT molecular complexity index is 382. The van der Waals surface area contributed by atoms with Gasteiger partial charge in [0.15, 0.2) is 0 Å². The lowest BCUT2D eigenvalue weighted by molar-refractivity contribution is 0.00693. The lowest BCUT2D eigenvalue weighted by atomic mass is 10.2. The second-order valence-corrected chi connectivity index (χ2v) is 5.75. The largest absolute Gasteiger partial charge is 0.478 e. The molecule has 0 radical (unpaired) electrons. The van der Waals surface area contributed by atoms with E-state index in [-0.39, 0.29) is 5.60 Å². The van der Waals surface area contributed by atoms with Gasteiger partial charge in [-0.3, -0.25) is 0 Å². The van der Waals surface area contributed by atoms with Gasteiger partial charge in [-0.2, -0.15) is 0 Å². The zero-order chi connectivity index (χ0) is 12.9. The van der Waals surface area contributed by atoms with Gasteiger partial charge in [-0.05, 0) is 32.9 Å². The summed E-state index contributed by atoms with van der Waals surface area (Å²) >= 11 is 1.51. The summed E-state index contributed by atoms with van der Waals surface area (Å²) in [5.41, 5.74) is 0.209. The van der Waals surface area contributed by atoms with Crippen LogP contribution in [0, 0.1) is 0 Å². The van der Waals surface area contributed by atoms with Gasteiger partial charge < -0.3 is 9.84 Å². The molecule has 0 aromatic heterocycles. The van der Waals surface area contributed by atoms with E-state index in [9.17, 15) is 4.79 Å². The van der Waals surface area contributed by atoms with Crippen molar-refractivity contribution in [2.24, 2.45) is 0 Å². The highest BCUT2D eigenvalue weighted by Crippen LogP contribution is 2.22. The number of carbonyl (C=O) groups is 1. The smallest absolute Gasteiger partial charge is 0.336 e. The molecule has 94 valence electrons. The fourth-order valence-corrected chi connectivity index (χ4v) is 2.14. The molecule has 0 aliphatic heterocycles. The van der Waals surface area contributed by atoms with Gasteiger partial charge in [0.05, 0.1) is 17.8 Å². The topological polar surface area (TPSA) is 46.5 Å². The predicted octanol–water partition coefficient (Wildman–Crippen LogP) is 3.29. The first kappa shape index (κ1) is 14.1. The summed E-state index contributed by atoms with van der Waals surface area (Å²) in [6, 6.07) is 7.03. The summed E-state index contributed by atoms with van der Waals surface area (Å²) in [5.74, 6) is -0.133. The van der Waals surface area contributed by atoms with Gasteiger partial charge >= 0.3 is 5.97 Å². The highest BCUT2D eigenvalue weighted by atomic mass is 32.2. The molecule has 0 aliphatic rings. The third-order valence-corrected chi connectivity index (χ3v) is 3.03. The molecule has 17 heavy (non-hydrogen) atoms. The monoisotopic (exact) mass is 254 g/mol. The minimum Gasteiger partial charge on any atom is -0.478 e. The summed E-state index contributed by atoms with van der Waals surface area (Å²) in [6.07, 6.45) is 0. The molecule has 4 heteroatoms. The Morgan fingerprint density at radius 3 is 2.59 bits per heavy atom. The molecule has 0 saturated carbocycles. The summed E-state index contributed by atoms with van der Waals surface area (Å²) < 4.78 is 5.58. The first-order chi connectivity index (χ1) is 7.90. The number of ether oxygens (including phenoxy) is 1. The third kappa shape index (κ3) is 5.24. The van der Waals surface area contributed by atoms with Crippen LogP contribution in [0.25, 0.3) is 0 Å². The molecule has 0 atom stereocenters. The Kier molecular flexibility index (Phi) is 5.02. The number of aromatic carboxylic acids is 1. The van der Waals surface area contributed by atoms with Crippen LogP contribution in [0.1, 0.15) is 31.1 Å². The molecular weight excluding hydrogens is 236 g/mol. The average molecular weight is 254 g/mol. The van der Waals surface area contributed by atoms with Gasteiger partial charge in [-0.25, -0.2) is 4.79 Å². The molecule has 0 aliphatic carbocycles. The molecule has 1 aromatic rings. The van der Waals surface area contributed by atoms with Crippen molar-refractivity contribution in [2.75, 3.05) is 12.4 Å². The average Bonchev–Trinajstić information content (AvgIpc) is 2.23. The standard InChI is InChI=1S/C13H18O3S/c1-13(2,3)16-8-9-17-11-7-5-4-6-10(11)12(14)15/h4-7H,8-9H2,1-3H3,(H,14,15). The fraction of sp³-hybridized carbons (Fsp3) is 0.462. The Morgan fingerprint density at radius 1 is 1.35 bits per heavy atom. The molecule has 1 aromatic carbocycles. The molecule has 1 N–H and O–H groups in total. The fourth-order valence-electron chi connectivity index (χ4n) is 1.27. The first-order valence-corrected chi connectivity index (χ1v) is 6.48. The predicted molar refractivity (Wildman–Crippen MR) is 69.8 cm³/mol. The van der Waals surface area contributed by atoms with Crippen LogP contribution in [0.3, 0.4) is 0 Å². The number of carboxylic acid groups (broad SMARTS) is 1. The number of benzene rings is 1. The van der Waals surface area contributed by atoms with Crippen molar-refractivity contribution in [1.29, 1.82) is 0 Å². The van der Waals surface area contributed by atoms with Gasteiger partial charge in [0, 0.05) is 10.6 Å². The number of rotatable bonds is 5. The van der Waals surface area contributed by atoms with Crippen molar-refractivity contribution >= 4 is 17.7 Å². The van der Waals surface area contributed by atoms with E-state index in [0.717, 1.165) is 10.6 Å². The molecule has 1 rings (SSSR count). The van der Waals surface area contributed by atoms with E-state index in [0.29, 0.717) is 12.2 Å². The Hall–Kier alpha value is -1.00. The molecular formula is C13H18O3S. The maximum Gasteiger partial charge on any atom is 0.336 e. The zero-order valence-corrected chi connectivity index (χ0v) is 11.2. The molecule has 0 bridgehead atoms. The van der Waals surface area contributed by atoms with E-state index in [1.165, 1.54) is 11.8 Å². The van der Waals surface area contributed by atoms with Gasteiger partial charge in [-0.15, -0.1) is 11.8 Å². The van der Waals surface area contributed by atoms with E-state index in [4.69, 9.17) is 9.84 Å². The van der Waals surface area contributed by atoms with Crippen LogP contribution in [0.2, 0.25) is 0 Å². The second-order valence-electron chi connectivity index (χ2n) is 4.61. The normalized spacial score (nSPS) is 11.5. The van der Waals surface area contributed by atoms with Crippen LogP contribution < -0.4 is 0 Å². The Labute approximate surface area is 106 Å². The van der Waals surface area contributed by atoms with E-state index < -0.39 is 5.97 Å². The van der Waals surface area contributed by atoms with Crippen LogP contribution in [0.5, 0.6) is 0 Å². The summed E-state index contributed by atoms with van der Waals surface area (Å²) in [5, 5.41) is 9.01. The van der Waals surface area contributed by atoms with Crippen molar-refractivity contribution in [3.63, 3.8) is 0 Å². The SMILES string of the molecule is CC(C)(C)OCCSc1ccccc1C(=O)O. The van der Waals surface area contributed by atoms with Gasteiger partial charge in [0.25, 0.3) is 0 Å². The van der Waals surface area contributed by atoms with E-state index in [2.05, 4.69) is 0 Å². The van der Waals surface area contributed by atoms with Crippen LogP contribution in [-0.4, -0.2) is 29.0 Å². The van der Waals surface area contributed by atoms with E-state index in [1.54, 1.807) is 12.1 Å². The lowest BCUT2D eigenvalue weighted by Gasteiger charge is -2.19. The number of hydrogen-bond acceptors (Lipinski definition) is 3. The van der Waals surface area contributed by atoms with Crippen molar-refractivity contribution in [3.05, 3.63) is 29.8 Å². The van der Waals surface area contributed by atoms with Crippen LogP contribution in [0.15, 0.2) is 29.2 Å². The summed E-state index contributed by atoms with van der Waals surface area (Å²) in [4.78, 5) is 11.8. The highest BCUT2D eigenvalue weighted by molar-refractivity contribution is 7.99. The van der Waals surface area contributed by atoms with Crippen molar-refractivity contribution in [3.8, 4) is 0 Å². The van der Waals surface area contributed by atoms with Gasteiger partial charge in [0.2, 0.25) is 0 Å². The van der Waals surface area contributed by atoms with Crippen LogP contribution in [-0.2, 0) is 4.74 Å². The number of hydrogen-bond donors (Lipinski definition) is 1. The molecule has 0 fully saturated rings. The summed E-state index contributed by atoms with van der Waals surface area (Å²) in [7, 11) is 0. The highest BCUT2D eigenvalue weighted by Gasteiger charge is 2.11. The van der Waals surface area contributed by atoms with E-state index in [1.807, 2.05) is 32.9 Å². The summed E-state index contributed by atoms with van der Waals surface area (Å²) in [6.45, 7) is 6.62. The molecule has 0 saturated heterocycles. The molecule has 0 unspecified atom stereocenters. The van der Waals surface area contributed by atoms with Crippen LogP contribution in [0.4, 0.5) is 0 Å². The lowest BCUT2D eigenvalue weighted by Crippen LogP contribution is -2.20. The van der Waals surface area contributed by atoms with Crippen molar-refractivity contribution in [2.45, 2.75) is 31.3 Å². The quantitative estimate of drug-likeness (QED) is 0.647. The number of thioether (sulfide) groups is 1. The molecule has 0 spiro atoms. The minimum atomic E-state index is -0.884. The van der Waals surface area contributed by atoms with Crippen molar-refractivity contribution in [1.82, 2.24) is 0 Å². The van der Waals surface area contributed by atoms with Gasteiger partial charge in [0.1, 0.15) is 0 Å². The molecule has 0 amide bonds. The first-order valence-electron chi connectivity index (χ1n) is 5.49. The second kappa shape index (κ2) is 6.07. The molecule has 0 heterocycles. The maximum absolute atomic E-state index is 11.0. The number of carboxylic acids is 1. The van der Waals surface area contributed by atoms with Crippen molar-refractivity contribution < 1.29 is 14.6 Å². The zero-order valence-electron chi connectivity index (χ0n) is 10.4. The third-order valence-electron chi connectivity index (χ3n) is 1.99.